The van der Waals surface area contributed by atoms with Gasteiger partial charge in [-0.25, -0.2) is 9.69 Å². The molecule has 2 aromatic carbocycles. The third-order valence-electron chi connectivity index (χ3n) is 4.49. The van der Waals surface area contributed by atoms with Crippen LogP contribution in [0.1, 0.15) is 51.3 Å². The lowest BCUT2D eigenvalue weighted by Gasteiger charge is -2.15. The number of ether oxygens (including phenoxy) is 1. The minimum absolute atomic E-state index is 0.0108. The third kappa shape index (κ3) is 3.78. The van der Waals surface area contributed by atoms with Crippen LogP contribution in [0, 0.1) is 0 Å². The molecule has 144 valence electrons. The van der Waals surface area contributed by atoms with Crippen LogP contribution in [0.2, 0.25) is 0 Å². The number of nitrogens with one attached hydrogen (secondary N) is 1. The summed E-state index contributed by atoms with van der Waals surface area (Å²) in [5.41, 5.74) is 1.06. The monoisotopic (exact) mass is 380 g/mol. The van der Waals surface area contributed by atoms with Crippen LogP contribution in [0.3, 0.4) is 0 Å². The predicted octanol–water partition coefficient (Wildman–Crippen LogP) is 2.56. The number of hydrogen-bond acceptors (Lipinski definition) is 5. The van der Waals surface area contributed by atoms with Gasteiger partial charge in [0.05, 0.1) is 22.4 Å². The van der Waals surface area contributed by atoms with E-state index >= 15 is 0 Å². The standard InChI is InChI=1S/C21H20N2O5/c1-3-13(2)22-18(24)12-28-21(27)14-7-6-8-15(11-14)23-19(25)16-9-4-5-10-17(16)20(23)26/h4-11,13H,3,12H2,1-2H3,(H,22,24)/t13-/m1/s1. The number of fused-ring (bicyclic) bond motifs is 1. The van der Waals surface area contributed by atoms with Crippen LogP contribution in [-0.2, 0) is 9.53 Å². The van der Waals surface area contributed by atoms with Crippen LogP contribution in [0.5, 0.6) is 0 Å². The minimum Gasteiger partial charge on any atom is -0.452 e. The first-order valence-electron chi connectivity index (χ1n) is 8.96. The summed E-state index contributed by atoms with van der Waals surface area (Å²) in [5, 5.41) is 2.70. The van der Waals surface area contributed by atoms with Gasteiger partial charge < -0.3 is 10.1 Å². The molecule has 0 bridgehead atoms. The Kier molecular flexibility index (Phi) is 5.54. The molecule has 1 atom stereocenters. The fraction of sp³-hybridized carbons (Fsp3) is 0.238. The van der Waals surface area contributed by atoms with Gasteiger partial charge in [-0.3, -0.25) is 14.4 Å². The largest absolute Gasteiger partial charge is 0.452 e. The Balaban J connectivity index is 1.73. The van der Waals surface area contributed by atoms with Gasteiger partial charge in [0.15, 0.2) is 6.61 Å². The molecule has 2 aromatic rings. The number of imide groups is 1. The van der Waals surface area contributed by atoms with Gasteiger partial charge in [0.2, 0.25) is 0 Å². The SMILES string of the molecule is CC[C@@H](C)NC(=O)COC(=O)c1cccc(N2C(=O)c3ccccc3C2=O)c1. The number of benzene rings is 2. The maximum Gasteiger partial charge on any atom is 0.338 e. The van der Waals surface area contributed by atoms with Crippen molar-refractivity contribution >= 4 is 29.4 Å². The molecule has 1 aliphatic heterocycles. The summed E-state index contributed by atoms with van der Waals surface area (Å²) in [6.07, 6.45) is 0.766. The molecule has 3 rings (SSSR count). The van der Waals surface area contributed by atoms with E-state index in [4.69, 9.17) is 4.74 Å². The van der Waals surface area contributed by atoms with Crippen molar-refractivity contribution in [2.24, 2.45) is 0 Å². The Labute approximate surface area is 162 Å². The van der Waals surface area contributed by atoms with Gasteiger partial charge in [-0.2, -0.15) is 0 Å². The highest BCUT2D eigenvalue weighted by Gasteiger charge is 2.36. The van der Waals surface area contributed by atoms with Gasteiger partial charge in [0, 0.05) is 6.04 Å². The van der Waals surface area contributed by atoms with E-state index in [-0.39, 0.29) is 23.2 Å². The van der Waals surface area contributed by atoms with Crippen molar-refractivity contribution in [3.05, 3.63) is 65.2 Å². The Morgan fingerprint density at radius 2 is 1.68 bits per heavy atom. The van der Waals surface area contributed by atoms with E-state index < -0.39 is 24.4 Å². The summed E-state index contributed by atoms with van der Waals surface area (Å²) in [4.78, 5) is 50.2. The van der Waals surface area contributed by atoms with E-state index in [1.807, 2.05) is 13.8 Å². The molecular weight excluding hydrogens is 360 g/mol. The average molecular weight is 380 g/mol. The maximum atomic E-state index is 12.6. The van der Waals surface area contributed by atoms with Crippen LogP contribution in [0.4, 0.5) is 5.69 Å². The normalized spacial score (nSPS) is 13.9. The van der Waals surface area contributed by atoms with Gasteiger partial charge >= 0.3 is 5.97 Å². The first-order chi connectivity index (χ1) is 13.4. The van der Waals surface area contributed by atoms with E-state index in [1.54, 1.807) is 36.4 Å². The van der Waals surface area contributed by atoms with Crippen LogP contribution in [0.15, 0.2) is 48.5 Å². The molecule has 7 nitrogen and oxygen atoms in total. The van der Waals surface area contributed by atoms with Crippen LogP contribution >= 0.6 is 0 Å². The second kappa shape index (κ2) is 8.04. The third-order valence-corrected chi connectivity index (χ3v) is 4.49. The molecule has 0 unspecified atom stereocenters. The molecule has 0 radical (unpaired) electrons. The van der Waals surface area contributed by atoms with Crippen molar-refractivity contribution in [2.45, 2.75) is 26.3 Å². The topological polar surface area (TPSA) is 92.8 Å². The number of rotatable bonds is 6. The Morgan fingerprint density at radius 1 is 1.04 bits per heavy atom. The van der Waals surface area contributed by atoms with Crippen LogP contribution < -0.4 is 10.2 Å². The molecule has 0 saturated carbocycles. The van der Waals surface area contributed by atoms with Gasteiger partial charge in [0.1, 0.15) is 0 Å². The Hall–Kier alpha value is -3.48. The summed E-state index contributed by atoms with van der Waals surface area (Å²) in [6, 6.07) is 12.5. The molecule has 1 heterocycles. The number of esters is 1. The molecule has 3 amide bonds. The molecule has 1 aliphatic rings. The Morgan fingerprint density at radius 3 is 2.29 bits per heavy atom. The second-order valence-electron chi connectivity index (χ2n) is 6.49. The van der Waals surface area contributed by atoms with Crippen molar-refractivity contribution in [1.29, 1.82) is 0 Å². The zero-order valence-corrected chi connectivity index (χ0v) is 15.6. The van der Waals surface area contributed by atoms with Gasteiger partial charge in [0.25, 0.3) is 17.7 Å². The lowest BCUT2D eigenvalue weighted by atomic mass is 10.1. The lowest BCUT2D eigenvalue weighted by Crippen LogP contribution is -2.35. The number of nitrogens with zero attached hydrogens (tertiary/aromatic N) is 1. The zero-order valence-electron chi connectivity index (χ0n) is 15.6. The molecule has 0 saturated heterocycles. The van der Waals surface area contributed by atoms with E-state index in [1.165, 1.54) is 12.1 Å². The van der Waals surface area contributed by atoms with E-state index in [0.29, 0.717) is 11.1 Å². The minimum atomic E-state index is -0.710. The number of hydrogen-bond donors (Lipinski definition) is 1. The van der Waals surface area contributed by atoms with Gasteiger partial charge in [-0.15, -0.1) is 0 Å². The molecule has 0 fully saturated rings. The fourth-order valence-corrected chi connectivity index (χ4v) is 2.83. The quantitative estimate of drug-likeness (QED) is 0.614. The summed E-state index contributed by atoms with van der Waals surface area (Å²) in [5.74, 6) is -1.99. The molecule has 7 heteroatoms. The van der Waals surface area contributed by atoms with E-state index in [0.717, 1.165) is 11.3 Å². The molecule has 0 aliphatic carbocycles. The first-order valence-corrected chi connectivity index (χ1v) is 8.96. The average Bonchev–Trinajstić information content (AvgIpc) is 2.97. The van der Waals surface area contributed by atoms with Crippen molar-refractivity contribution in [3.8, 4) is 0 Å². The molecule has 28 heavy (non-hydrogen) atoms. The van der Waals surface area contributed by atoms with Crippen molar-refractivity contribution < 1.29 is 23.9 Å². The number of carbonyl (C=O) groups is 4. The number of anilines is 1. The van der Waals surface area contributed by atoms with Crippen molar-refractivity contribution in [2.75, 3.05) is 11.5 Å². The molecule has 0 spiro atoms. The van der Waals surface area contributed by atoms with Crippen LogP contribution in [-0.4, -0.2) is 36.3 Å². The smallest absolute Gasteiger partial charge is 0.338 e. The van der Waals surface area contributed by atoms with Crippen molar-refractivity contribution in [3.63, 3.8) is 0 Å². The first kappa shape index (κ1) is 19.3. The molecule has 1 N–H and O–H groups in total. The summed E-state index contributed by atoms with van der Waals surface area (Å²) < 4.78 is 5.03. The van der Waals surface area contributed by atoms with Gasteiger partial charge in [-0.1, -0.05) is 25.1 Å². The Bertz CT molecular complexity index is 918. The van der Waals surface area contributed by atoms with Gasteiger partial charge in [-0.05, 0) is 43.7 Å². The van der Waals surface area contributed by atoms with E-state index in [9.17, 15) is 19.2 Å². The highest BCUT2D eigenvalue weighted by molar-refractivity contribution is 6.34. The number of carbonyl (C=O) groups excluding carboxylic acids is 4. The summed E-state index contributed by atoms with van der Waals surface area (Å²) in [7, 11) is 0. The lowest BCUT2D eigenvalue weighted by molar-refractivity contribution is -0.124. The predicted molar refractivity (Wildman–Crippen MR) is 102 cm³/mol. The highest BCUT2D eigenvalue weighted by Crippen LogP contribution is 2.28. The highest BCUT2D eigenvalue weighted by atomic mass is 16.5. The maximum absolute atomic E-state index is 12.6. The van der Waals surface area contributed by atoms with Crippen LogP contribution in [0.25, 0.3) is 0 Å². The van der Waals surface area contributed by atoms with Crippen molar-refractivity contribution in [1.82, 2.24) is 5.32 Å². The number of amides is 3. The summed E-state index contributed by atoms with van der Waals surface area (Å²) >= 11 is 0. The van der Waals surface area contributed by atoms with E-state index in [2.05, 4.69) is 5.32 Å². The molecular formula is C21H20N2O5. The zero-order chi connectivity index (χ0) is 20.3. The second-order valence-corrected chi connectivity index (χ2v) is 6.49. The summed E-state index contributed by atoms with van der Waals surface area (Å²) in [6.45, 7) is 3.38. The molecule has 0 aromatic heterocycles. The fourth-order valence-electron chi connectivity index (χ4n) is 2.83.